The summed E-state index contributed by atoms with van der Waals surface area (Å²) in [7, 11) is -3.88. The molecule has 0 saturated heterocycles. The summed E-state index contributed by atoms with van der Waals surface area (Å²) >= 11 is 0. The van der Waals surface area contributed by atoms with Crippen LogP contribution in [0.15, 0.2) is 71.6 Å². The van der Waals surface area contributed by atoms with Gasteiger partial charge >= 0.3 is 0 Å². The zero-order valence-corrected chi connectivity index (χ0v) is 12.5. The first kappa shape index (κ1) is 14.7. The lowest BCUT2D eigenvalue weighted by Gasteiger charge is -2.10. The molecule has 112 valence electrons. The molecule has 0 heterocycles. The summed E-state index contributed by atoms with van der Waals surface area (Å²) in [5, 5.41) is 2.01. The maximum Gasteiger partial charge on any atom is 0.243 e. The van der Waals surface area contributed by atoms with Gasteiger partial charge < -0.3 is 0 Å². The Labute approximate surface area is 128 Å². The molecule has 0 aliphatic heterocycles. The average molecular weight is 315 g/mol. The number of hydrogen-bond acceptors (Lipinski definition) is 2. The highest BCUT2D eigenvalue weighted by Crippen LogP contribution is 2.19. The first-order valence-electron chi connectivity index (χ1n) is 6.79. The summed E-state index contributed by atoms with van der Waals surface area (Å²) in [6, 6.07) is 18.7. The zero-order valence-electron chi connectivity index (χ0n) is 11.7. The maximum atomic E-state index is 13.6. The Balaban J connectivity index is 1.90. The summed E-state index contributed by atoms with van der Waals surface area (Å²) in [5.41, 5.74) is 0.845. The quantitative estimate of drug-likeness (QED) is 0.801. The summed E-state index contributed by atoms with van der Waals surface area (Å²) in [5.74, 6) is -0.757. The van der Waals surface area contributed by atoms with Crippen molar-refractivity contribution >= 4 is 20.8 Å². The lowest BCUT2D eigenvalue weighted by Crippen LogP contribution is -2.24. The molecule has 3 nitrogen and oxygen atoms in total. The van der Waals surface area contributed by atoms with Gasteiger partial charge in [0.05, 0.1) is 0 Å². The third kappa shape index (κ3) is 2.86. The Bertz CT molecular complexity index is 917. The molecule has 0 bridgehead atoms. The van der Waals surface area contributed by atoms with Gasteiger partial charge in [-0.1, -0.05) is 54.6 Å². The largest absolute Gasteiger partial charge is 0.243 e. The molecule has 0 aliphatic rings. The van der Waals surface area contributed by atoms with Gasteiger partial charge in [0, 0.05) is 6.54 Å². The second-order valence-electron chi connectivity index (χ2n) is 4.89. The SMILES string of the molecule is O=S(=O)(NCc1cccc2ccccc12)c1ccccc1F. The van der Waals surface area contributed by atoms with Gasteiger partial charge in [-0.25, -0.2) is 17.5 Å². The fourth-order valence-electron chi connectivity index (χ4n) is 2.36. The molecule has 0 unspecified atom stereocenters. The van der Waals surface area contributed by atoms with E-state index in [1.54, 1.807) is 0 Å². The smallest absolute Gasteiger partial charge is 0.207 e. The van der Waals surface area contributed by atoms with Gasteiger partial charge in [0.25, 0.3) is 0 Å². The van der Waals surface area contributed by atoms with Crippen LogP contribution >= 0.6 is 0 Å². The van der Waals surface area contributed by atoms with Crippen molar-refractivity contribution in [2.75, 3.05) is 0 Å². The van der Waals surface area contributed by atoms with Crippen LogP contribution in [0.1, 0.15) is 5.56 Å². The molecule has 3 aromatic carbocycles. The highest BCUT2D eigenvalue weighted by Gasteiger charge is 2.18. The van der Waals surface area contributed by atoms with E-state index in [9.17, 15) is 12.8 Å². The van der Waals surface area contributed by atoms with E-state index in [4.69, 9.17) is 0 Å². The Hall–Kier alpha value is -2.24. The predicted octanol–water partition coefficient (Wildman–Crippen LogP) is 3.46. The van der Waals surface area contributed by atoms with Gasteiger partial charge in [-0.15, -0.1) is 0 Å². The molecule has 3 aromatic rings. The molecular weight excluding hydrogens is 301 g/mol. The minimum absolute atomic E-state index is 0.109. The van der Waals surface area contributed by atoms with E-state index in [1.165, 1.54) is 18.2 Å². The summed E-state index contributed by atoms with van der Waals surface area (Å²) in [4.78, 5) is -0.338. The van der Waals surface area contributed by atoms with Crippen LogP contribution in [0.2, 0.25) is 0 Å². The van der Waals surface area contributed by atoms with Crippen molar-refractivity contribution in [1.29, 1.82) is 0 Å². The molecule has 5 heteroatoms. The first-order chi connectivity index (χ1) is 10.6. The summed E-state index contributed by atoms with van der Waals surface area (Å²) < 4.78 is 40.5. The van der Waals surface area contributed by atoms with Crippen LogP contribution in [-0.2, 0) is 16.6 Å². The van der Waals surface area contributed by atoms with Crippen LogP contribution in [0.4, 0.5) is 4.39 Å². The number of fused-ring (bicyclic) bond motifs is 1. The molecule has 0 amide bonds. The highest BCUT2D eigenvalue weighted by atomic mass is 32.2. The Morgan fingerprint density at radius 2 is 1.55 bits per heavy atom. The number of nitrogens with one attached hydrogen (secondary N) is 1. The molecule has 22 heavy (non-hydrogen) atoms. The van der Waals surface area contributed by atoms with E-state index in [0.717, 1.165) is 22.4 Å². The lowest BCUT2D eigenvalue weighted by molar-refractivity contribution is 0.557. The molecule has 0 spiro atoms. The fraction of sp³-hybridized carbons (Fsp3) is 0.0588. The number of rotatable bonds is 4. The molecule has 0 saturated carbocycles. The number of hydrogen-bond donors (Lipinski definition) is 1. The fourth-order valence-corrected chi connectivity index (χ4v) is 3.44. The summed E-state index contributed by atoms with van der Waals surface area (Å²) in [6.45, 7) is 0.109. The van der Waals surface area contributed by atoms with Crippen LogP contribution in [0.3, 0.4) is 0 Å². The topological polar surface area (TPSA) is 46.2 Å². The second-order valence-corrected chi connectivity index (χ2v) is 6.63. The first-order valence-corrected chi connectivity index (χ1v) is 8.27. The highest BCUT2D eigenvalue weighted by molar-refractivity contribution is 7.89. The normalized spacial score (nSPS) is 11.7. The Morgan fingerprint density at radius 3 is 2.36 bits per heavy atom. The second kappa shape index (κ2) is 5.87. The van der Waals surface area contributed by atoms with E-state index in [0.29, 0.717) is 0 Å². The van der Waals surface area contributed by atoms with E-state index < -0.39 is 15.8 Å². The van der Waals surface area contributed by atoms with Crippen molar-refractivity contribution in [3.63, 3.8) is 0 Å². The van der Waals surface area contributed by atoms with Gasteiger partial charge in [-0.3, -0.25) is 0 Å². The molecule has 3 rings (SSSR count). The van der Waals surface area contributed by atoms with Crippen LogP contribution < -0.4 is 4.72 Å². The van der Waals surface area contributed by atoms with Crippen LogP contribution in [0.25, 0.3) is 10.8 Å². The van der Waals surface area contributed by atoms with Crippen molar-refractivity contribution in [3.05, 3.63) is 78.1 Å². The molecule has 0 aliphatic carbocycles. The van der Waals surface area contributed by atoms with Gasteiger partial charge in [-0.05, 0) is 28.5 Å². The average Bonchev–Trinajstić information content (AvgIpc) is 2.53. The molecular formula is C17H14FNO2S. The third-order valence-corrected chi connectivity index (χ3v) is 4.89. The molecule has 0 aromatic heterocycles. The minimum Gasteiger partial charge on any atom is -0.207 e. The van der Waals surface area contributed by atoms with Crippen molar-refractivity contribution in [3.8, 4) is 0 Å². The maximum absolute atomic E-state index is 13.6. The van der Waals surface area contributed by atoms with E-state index in [2.05, 4.69) is 4.72 Å². The number of benzene rings is 3. The standard InChI is InChI=1S/C17H14FNO2S/c18-16-10-3-4-11-17(16)22(20,21)19-12-14-8-5-7-13-6-1-2-9-15(13)14/h1-11,19H,12H2. The summed E-state index contributed by atoms with van der Waals surface area (Å²) in [6.07, 6.45) is 0. The Morgan fingerprint density at radius 1 is 0.864 bits per heavy atom. The van der Waals surface area contributed by atoms with E-state index in [1.807, 2.05) is 42.5 Å². The Kier molecular flexibility index (Phi) is 3.92. The monoisotopic (exact) mass is 315 g/mol. The number of sulfonamides is 1. The van der Waals surface area contributed by atoms with Gasteiger partial charge in [-0.2, -0.15) is 0 Å². The van der Waals surface area contributed by atoms with Crippen LogP contribution in [0.5, 0.6) is 0 Å². The van der Waals surface area contributed by atoms with Crippen molar-refractivity contribution in [2.24, 2.45) is 0 Å². The van der Waals surface area contributed by atoms with Gasteiger partial charge in [0.1, 0.15) is 10.7 Å². The van der Waals surface area contributed by atoms with Crippen molar-refractivity contribution in [2.45, 2.75) is 11.4 Å². The third-order valence-electron chi connectivity index (χ3n) is 3.46. The van der Waals surface area contributed by atoms with Crippen LogP contribution in [-0.4, -0.2) is 8.42 Å². The molecule has 1 N–H and O–H groups in total. The predicted molar refractivity (Wildman–Crippen MR) is 84.4 cm³/mol. The van der Waals surface area contributed by atoms with Gasteiger partial charge in [0.2, 0.25) is 10.0 Å². The molecule has 0 atom stereocenters. The van der Waals surface area contributed by atoms with Crippen LogP contribution in [0, 0.1) is 5.82 Å². The van der Waals surface area contributed by atoms with Crippen molar-refractivity contribution < 1.29 is 12.8 Å². The van der Waals surface area contributed by atoms with Gasteiger partial charge in [0.15, 0.2) is 0 Å². The minimum atomic E-state index is -3.88. The van der Waals surface area contributed by atoms with Crippen molar-refractivity contribution in [1.82, 2.24) is 4.72 Å². The molecule has 0 fully saturated rings. The van der Waals surface area contributed by atoms with E-state index in [-0.39, 0.29) is 11.4 Å². The molecule has 0 radical (unpaired) electrons. The lowest BCUT2D eigenvalue weighted by atomic mass is 10.1. The number of halogens is 1. The zero-order chi connectivity index (χ0) is 15.6. The van der Waals surface area contributed by atoms with E-state index >= 15 is 0 Å².